The van der Waals surface area contributed by atoms with Gasteiger partial charge in [0.2, 0.25) is 5.91 Å². The van der Waals surface area contributed by atoms with Gasteiger partial charge in [-0.15, -0.1) is 16.8 Å². The molecule has 0 bridgehead atoms. The van der Waals surface area contributed by atoms with E-state index in [1.165, 1.54) is 30.0 Å². The van der Waals surface area contributed by atoms with Crippen LogP contribution in [0.3, 0.4) is 0 Å². The number of benzene rings is 1. The van der Waals surface area contributed by atoms with Gasteiger partial charge in [-0.2, -0.15) is 0 Å². The van der Waals surface area contributed by atoms with Gasteiger partial charge < -0.3 is 9.88 Å². The maximum absolute atomic E-state index is 12.1. The molecule has 0 fully saturated rings. The number of anilines is 1. The highest BCUT2D eigenvalue weighted by Crippen LogP contribution is 2.28. The molecule has 10 heteroatoms. The van der Waals surface area contributed by atoms with E-state index in [0.717, 1.165) is 0 Å². The molecule has 0 atom stereocenters. The number of nitrogens with one attached hydrogen (secondary N) is 1. The Morgan fingerprint density at radius 1 is 1.54 bits per heavy atom. The molecule has 1 heterocycles. The monoisotopic (exact) mass is 367 g/mol. The number of aromatic nitrogens is 3. The Hall–Kier alpha value is -2.39. The molecular formula is C14H14ClN5O3S. The number of hydrogen-bond acceptors (Lipinski definition) is 6. The minimum Gasteiger partial charge on any atom is -0.320 e. The van der Waals surface area contributed by atoms with Crippen LogP contribution in [-0.2, 0) is 11.3 Å². The van der Waals surface area contributed by atoms with Crippen molar-refractivity contribution in [1.82, 2.24) is 14.8 Å². The first-order valence-corrected chi connectivity index (χ1v) is 8.16. The molecule has 0 saturated carbocycles. The molecule has 8 nitrogen and oxygen atoms in total. The van der Waals surface area contributed by atoms with Gasteiger partial charge in [0, 0.05) is 17.6 Å². The zero-order chi connectivity index (χ0) is 17.7. The Morgan fingerprint density at radius 3 is 2.96 bits per heavy atom. The molecule has 2 rings (SSSR count). The molecule has 0 saturated heterocycles. The summed E-state index contributed by atoms with van der Waals surface area (Å²) in [5.74, 6) is 0.358. The lowest BCUT2D eigenvalue weighted by molar-refractivity contribution is -0.383. The van der Waals surface area contributed by atoms with Crippen molar-refractivity contribution in [2.75, 3.05) is 11.1 Å². The summed E-state index contributed by atoms with van der Waals surface area (Å²) in [6.07, 6.45) is 1.71. The van der Waals surface area contributed by atoms with E-state index in [9.17, 15) is 14.9 Å². The van der Waals surface area contributed by atoms with Gasteiger partial charge in [-0.1, -0.05) is 29.4 Å². The second-order valence-corrected chi connectivity index (χ2v) is 6.06. The average Bonchev–Trinajstić information content (AvgIpc) is 2.88. The van der Waals surface area contributed by atoms with Gasteiger partial charge in [-0.25, -0.2) is 0 Å². The fraction of sp³-hybridized carbons (Fsp3) is 0.214. The van der Waals surface area contributed by atoms with Crippen LogP contribution in [0.4, 0.5) is 11.4 Å². The predicted molar refractivity (Wildman–Crippen MR) is 92.4 cm³/mol. The Morgan fingerprint density at radius 2 is 2.29 bits per heavy atom. The van der Waals surface area contributed by atoms with Gasteiger partial charge >= 0.3 is 0 Å². The van der Waals surface area contributed by atoms with Crippen LogP contribution in [0.2, 0.25) is 5.02 Å². The first-order chi connectivity index (χ1) is 11.4. The fourth-order valence-corrected chi connectivity index (χ4v) is 2.85. The summed E-state index contributed by atoms with van der Waals surface area (Å²) in [6.45, 7) is 6.00. The topological polar surface area (TPSA) is 103 Å². The van der Waals surface area contributed by atoms with Crippen LogP contribution >= 0.6 is 23.4 Å². The minimum atomic E-state index is -0.599. The van der Waals surface area contributed by atoms with Gasteiger partial charge in [-0.05, 0) is 19.1 Å². The highest BCUT2D eigenvalue weighted by atomic mass is 35.5. The van der Waals surface area contributed by atoms with E-state index in [1.54, 1.807) is 13.0 Å². The zero-order valence-corrected chi connectivity index (χ0v) is 14.3. The third-order valence-electron chi connectivity index (χ3n) is 2.98. The molecule has 0 unspecified atom stereocenters. The molecule has 24 heavy (non-hydrogen) atoms. The Balaban J connectivity index is 2.04. The van der Waals surface area contributed by atoms with Crippen LogP contribution in [0.1, 0.15) is 5.82 Å². The Labute approximate surface area is 147 Å². The second-order valence-electron chi connectivity index (χ2n) is 4.68. The van der Waals surface area contributed by atoms with Crippen molar-refractivity contribution in [3.05, 3.63) is 51.8 Å². The van der Waals surface area contributed by atoms with Gasteiger partial charge in [0.15, 0.2) is 5.16 Å². The van der Waals surface area contributed by atoms with Crippen LogP contribution in [0.15, 0.2) is 36.0 Å². The lowest BCUT2D eigenvalue weighted by Crippen LogP contribution is -2.15. The standard InChI is InChI=1S/C14H14ClN5O3S/c1-3-6-19-9(2)17-18-14(19)24-8-13(21)16-11-5-4-10(15)7-12(11)20(22)23/h3-5,7H,1,6,8H2,2H3,(H,16,21). The minimum absolute atomic E-state index is 0.0368. The number of aryl methyl sites for hydroxylation is 1. The third-order valence-corrected chi connectivity index (χ3v) is 4.18. The van der Waals surface area contributed by atoms with E-state index >= 15 is 0 Å². The van der Waals surface area contributed by atoms with E-state index in [0.29, 0.717) is 17.5 Å². The number of thioether (sulfide) groups is 1. The molecule has 1 aromatic heterocycles. The molecule has 0 aliphatic rings. The van der Waals surface area contributed by atoms with Gasteiger partial charge in [0.1, 0.15) is 11.5 Å². The molecule has 0 spiro atoms. The van der Waals surface area contributed by atoms with Crippen molar-refractivity contribution < 1.29 is 9.72 Å². The number of allylic oxidation sites excluding steroid dienone is 1. The number of carbonyl (C=O) groups excluding carboxylic acids is 1. The van der Waals surface area contributed by atoms with Crippen molar-refractivity contribution in [1.29, 1.82) is 0 Å². The molecular weight excluding hydrogens is 354 g/mol. The van der Waals surface area contributed by atoms with E-state index in [-0.39, 0.29) is 22.2 Å². The maximum atomic E-state index is 12.1. The van der Waals surface area contributed by atoms with Crippen LogP contribution in [0.25, 0.3) is 0 Å². The summed E-state index contributed by atoms with van der Waals surface area (Å²) in [5, 5.41) is 22.3. The summed E-state index contributed by atoms with van der Waals surface area (Å²) < 4.78 is 1.82. The number of nitro benzene ring substituents is 1. The normalized spacial score (nSPS) is 10.4. The SMILES string of the molecule is C=CCn1c(C)nnc1SCC(=O)Nc1ccc(Cl)cc1[N+](=O)[O-]. The average molecular weight is 368 g/mol. The molecule has 1 aromatic carbocycles. The molecule has 1 amide bonds. The lowest BCUT2D eigenvalue weighted by atomic mass is 10.2. The smallest absolute Gasteiger partial charge is 0.294 e. The summed E-state index contributed by atoms with van der Waals surface area (Å²) in [7, 11) is 0. The van der Waals surface area contributed by atoms with Crippen molar-refractivity contribution in [3.63, 3.8) is 0 Å². The van der Waals surface area contributed by atoms with Crippen LogP contribution in [-0.4, -0.2) is 31.3 Å². The number of nitrogens with zero attached hydrogens (tertiary/aromatic N) is 4. The van der Waals surface area contributed by atoms with E-state index in [2.05, 4.69) is 22.1 Å². The summed E-state index contributed by atoms with van der Waals surface area (Å²) in [5.41, 5.74) is -0.162. The van der Waals surface area contributed by atoms with Crippen LogP contribution in [0, 0.1) is 17.0 Å². The molecule has 0 radical (unpaired) electrons. The van der Waals surface area contributed by atoms with Crippen molar-refractivity contribution in [2.24, 2.45) is 0 Å². The number of amides is 1. The maximum Gasteiger partial charge on any atom is 0.294 e. The third kappa shape index (κ3) is 4.33. The van der Waals surface area contributed by atoms with E-state index in [4.69, 9.17) is 11.6 Å². The Kier molecular flexibility index (Phi) is 5.93. The highest BCUT2D eigenvalue weighted by molar-refractivity contribution is 7.99. The molecule has 0 aliphatic heterocycles. The van der Waals surface area contributed by atoms with Crippen molar-refractivity contribution >= 4 is 40.6 Å². The highest BCUT2D eigenvalue weighted by Gasteiger charge is 2.17. The largest absolute Gasteiger partial charge is 0.320 e. The molecule has 1 N–H and O–H groups in total. The lowest BCUT2D eigenvalue weighted by Gasteiger charge is -2.07. The Bertz CT molecular complexity index is 793. The zero-order valence-electron chi connectivity index (χ0n) is 12.7. The second kappa shape index (κ2) is 7.93. The van der Waals surface area contributed by atoms with Gasteiger partial charge in [0.25, 0.3) is 5.69 Å². The predicted octanol–water partition coefficient (Wildman–Crippen LogP) is 3.06. The summed E-state index contributed by atoms with van der Waals surface area (Å²) in [4.78, 5) is 22.5. The number of hydrogen-bond donors (Lipinski definition) is 1. The summed E-state index contributed by atoms with van der Waals surface area (Å²) in [6, 6.07) is 4.06. The van der Waals surface area contributed by atoms with Crippen molar-refractivity contribution in [3.8, 4) is 0 Å². The van der Waals surface area contributed by atoms with Gasteiger partial charge in [-0.3, -0.25) is 14.9 Å². The van der Waals surface area contributed by atoms with Gasteiger partial charge in [0.05, 0.1) is 10.7 Å². The first kappa shape index (κ1) is 18.0. The quantitative estimate of drug-likeness (QED) is 0.349. The number of nitro groups is 1. The molecule has 0 aliphatic carbocycles. The van der Waals surface area contributed by atoms with Crippen LogP contribution in [0.5, 0.6) is 0 Å². The van der Waals surface area contributed by atoms with E-state index in [1.807, 2.05) is 4.57 Å². The first-order valence-electron chi connectivity index (χ1n) is 6.79. The van der Waals surface area contributed by atoms with Crippen molar-refractivity contribution in [2.45, 2.75) is 18.6 Å². The molecule has 2 aromatic rings. The fourth-order valence-electron chi connectivity index (χ4n) is 1.89. The molecule has 126 valence electrons. The number of halogens is 1. The summed E-state index contributed by atoms with van der Waals surface area (Å²) >= 11 is 6.93. The number of carbonyl (C=O) groups is 1. The van der Waals surface area contributed by atoms with Crippen LogP contribution < -0.4 is 5.32 Å². The number of rotatable bonds is 7. The van der Waals surface area contributed by atoms with E-state index < -0.39 is 10.8 Å².